The Hall–Kier alpha value is -2.14. The van der Waals surface area contributed by atoms with Gasteiger partial charge in [0.1, 0.15) is 18.6 Å². The number of fused-ring (bicyclic) bond motifs is 1. The zero-order valence-corrected chi connectivity index (χ0v) is 16.8. The van der Waals surface area contributed by atoms with Crippen LogP contribution in [0.4, 0.5) is 0 Å². The molecule has 2 aromatic rings. The molecule has 2 aromatic carbocycles. The summed E-state index contributed by atoms with van der Waals surface area (Å²) in [6.07, 6.45) is 0. The van der Waals surface area contributed by atoms with Crippen LogP contribution in [0.1, 0.15) is 47.6 Å². The Morgan fingerprint density at radius 1 is 1.04 bits per heavy atom. The summed E-state index contributed by atoms with van der Waals surface area (Å²) < 4.78 is 11.3. The van der Waals surface area contributed by atoms with Gasteiger partial charge in [-0.2, -0.15) is 0 Å². The highest BCUT2D eigenvalue weighted by molar-refractivity contribution is 7.99. The van der Waals surface area contributed by atoms with Crippen LogP contribution < -0.4 is 9.47 Å². The molecule has 1 saturated heterocycles. The normalized spacial score (nSPS) is 19.2. The van der Waals surface area contributed by atoms with Crippen molar-refractivity contribution in [3.8, 4) is 11.5 Å². The Kier molecular flexibility index (Phi) is 4.81. The molecule has 0 saturated carbocycles. The van der Waals surface area contributed by atoms with Gasteiger partial charge in [0.15, 0.2) is 11.5 Å². The Balaban J connectivity index is 1.57. The molecule has 1 amide bonds. The lowest BCUT2D eigenvalue weighted by molar-refractivity contribution is 0.0760. The lowest BCUT2D eigenvalue weighted by Crippen LogP contribution is -2.30. The largest absolute Gasteiger partial charge is 0.486 e. The van der Waals surface area contributed by atoms with Crippen molar-refractivity contribution in [1.82, 2.24) is 4.90 Å². The zero-order chi connectivity index (χ0) is 19.0. The topological polar surface area (TPSA) is 38.8 Å². The second-order valence-electron chi connectivity index (χ2n) is 7.95. The van der Waals surface area contributed by atoms with Gasteiger partial charge in [-0.05, 0) is 40.8 Å². The number of rotatable bonds is 2. The molecule has 1 unspecified atom stereocenters. The van der Waals surface area contributed by atoms with Crippen LogP contribution in [0.5, 0.6) is 11.5 Å². The van der Waals surface area contributed by atoms with E-state index in [1.54, 1.807) is 11.8 Å². The Morgan fingerprint density at radius 3 is 2.44 bits per heavy atom. The molecule has 142 valence electrons. The van der Waals surface area contributed by atoms with Crippen molar-refractivity contribution in [2.45, 2.75) is 31.6 Å². The van der Waals surface area contributed by atoms with Crippen molar-refractivity contribution >= 4 is 17.7 Å². The van der Waals surface area contributed by atoms with E-state index in [0.717, 1.165) is 34.9 Å². The van der Waals surface area contributed by atoms with Crippen molar-refractivity contribution in [2.24, 2.45) is 0 Å². The van der Waals surface area contributed by atoms with E-state index < -0.39 is 0 Å². The molecule has 0 aromatic heterocycles. The van der Waals surface area contributed by atoms with E-state index in [1.807, 2.05) is 35.2 Å². The van der Waals surface area contributed by atoms with Crippen LogP contribution in [0.25, 0.3) is 0 Å². The van der Waals surface area contributed by atoms with E-state index in [9.17, 15) is 4.79 Å². The first kappa shape index (κ1) is 18.2. The van der Waals surface area contributed by atoms with Gasteiger partial charge in [-0.3, -0.25) is 4.79 Å². The van der Waals surface area contributed by atoms with Gasteiger partial charge in [0, 0.05) is 17.9 Å². The minimum Gasteiger partial charge on any atom is -0.486 e. The first-order chi connectivity index (χ1) is 12.9. The van der Waals surface area contributed by atoms with Crippen LogP contribution in [0.3, 0.4) is 0 Å². The minimum atomic E-state index is 0.00983. The lowest BCUT2D eigenvalue weighted by atomic mass is 9.86. The molecule has 4 nitrogen and oxygen atoms in total. The molecule has 1 atom stereocenters. The molecule has 4 rings (SSSR count). The van der Waals surface area contributed by atoms with Crippen molar-refractivity contribution in [3.05, 3.63) is 59.2 Å². The number of thioether (sulfide) groups is 1. The summed E-state index contributed by atoms with van der Waals surface area (Å²) in [6.45, 7) is 8.44. The van der Waals surface area contributed by atoms with Crippen LogP contribution in [-0.4, -0.2) is 36.3 Å². The molecular weight excluding hydrogens is 358 g/mol. The summed E-state index contributed by atoms with van der Waals surface area (Å²) in [7, 11) is 0. The second-order valence-corrected chi connectivity index (χ2v) is 9.14. The van der Waals surface area contributed by atoms with Crippen molar-refractivity contribution < 1.29 is 14.3 Å². The number of carbonyl (C=O) groups is 1. The fourth-order valence-electron chi connectivity index (χ4n) is 3.45. The predicted octanol–water partition coefficient (Wildman–Crippen LogP) is 4.64. The Labute approximate surface area is 164 Å². The van der Waals surface area contributed by atoms with Gasteiger partial charge in [-0.15, -0.1) is 11.8 Å². The summed E-state index contributed by atoms with van der Waals surface area (Å²) in [6, 6.07) is 14.0. The van der Waals surface area contributed by atoms with E-state index in [1.165, 1.54) is 5.56 Å². The Morgan fingerprint density at radius 2 is 1.74 bits per heavy atom. The maximum atomic E-state index is 13.1. The monoisotopic (exact) mass is 383 g/mol. The molecule has 5 heteroatoms. The highest BCUT2D eigenvalue weighted by Gasteiger charge is 2.32. The molecule has 27 heavy (non-hydrogen) atoms. The molecule has 2 heterocycles. The number of nitrogens with zero attached hydrogens (tertiary/aromatic N) is 1. The fraction of sp³-hybridized carbons (Fsp3) is 0.409. The number of carbonyl (C=O) groups excluding carboxylic acids is 1. The van der Waals surface area contributed by atoms with Gasteiger partial charge in [0.25, 0.3) is 5.91 Å². The average molecular weight is 384 g/mol. The van der Waals surface area contributed by atoms with E-state index in [4.69, 9.17) is 9.47 Å². The van der Waals surface area contributed by atoms with E-state index in [-0.39, 0.29) is 16.7 Å². The predicted molar refractivity (Wildman–Crippen MR) is 109 cm³/mol. The van der Waals surface area contributed by atoms with Crippen LogP contribution in [0, 0.1) is 0 Å². The third-order valence-corrected chi connectivity index (χ3v) is 6.26. The number of benzene rings is 2. The van der Waals surface area contributed by atoms with Crippen molar-refractivity contribution in [2.75, 3.05) is 25.5 Å². The molecule has 0 aliphatic carbocycles. The molecule has 0 spiro atoms. The fourth-order valence-corrected chi connectivity index (χ4v) is 4.69. The van der Waals surface area contributed by atoms with E-state index in [2.05, 4.69) is 32.9 Å². The standard InChI is InChI=1S/C22H25NO3S/c1-22(2,3)17-7-4-15(5-8-17)20(24)23-10-13-27-21(23)16-6-9-18-19(14-16)26-12-11-25-18/h4-9,14,21H,10-13H2,1-3H3. The maximum Gasteiger partial charge on any atom is 0.255 e. The van der Waals surface area contributed by atoms with Crippen molar-refractivity contribution in [1.29, 1.82) is 0 Å². The van der Waals surface area contributed by atoms with Crippen molar-refractivity contribution in [3.63, 3.8) is 0 Å². The first-order valence-electron chi connectivity index (χ1n) is 9.36. The number of amides is 1. The first-order valence-corrected chi connectivity index (χ1v) is 10.4. The minimum absolute atomic E-state index is 0.00983. The summed E-state index contributed by atoms with van der Waals surface area (Å²) in [5.74, 6) is 2.57. The highest BCUT2D eigenvalue weighted by atomic mass is 32.2. The molecule has 2 aliphatic rings. The zero-order valence-electron chi connectivity index (χ0n) is 16.0. The third kappa shape index (κ3) is 3.65. The molecular formula is C22H25NO3S. The van der Waals surface area contributed by atoms with Gasteiger partial charge < -0.3 is 14.4 Å². The molecule has 0 bridgehead atoms. The summed E-state index contributed by atoms with van der Waals surface area (Å²) >= 11 is 1.79. The van der Waals surface area contributed by atoms with Crippen LogP contribution in [-0.2, 0) is 5.41 Å². The van der Waals surface area contributed by atoms with Gasteiger partial charge in [-0.1, -0.05) is 39.0 Å². The van der Waals surface area contributed by atoms with E-state index >= 15 is 0 Å². The molecule has 1 fully saturated rings. The van der Waals surface area contributed by atoms with Gasteiger partial charge >= 0.3 is 0 Å². The third-order valence-electron chi connectivity index (χ3n) is 5.00. The smallest absolute Gasteiger partial charge is 0.255 e. The van der Waals surface area contributed by atoms with Crippen LogP contribution in [0.2, 0.25) is 0 Å². The quantitative estimate of drug-likeness (QED) is 0.757. The summed E-state index contributed by atoms with van der Waals surface area (Å²) in [5, 5.41) is 0.00983. The van der Waals surface area contributed by atoms with Crippen LogP contribution >= 0.6 is 11.8 Å². The Bertz CT molecular complexity index is 842. The number of hydrogen-bond donors (Lipinski definition) is 0. The van der Waals surface area contributed by atoms with E-state index in [0.29, 0.717) is 13.2 Å². The highest BCUT2D eigenvalue weighted by Crippen LogP contribution is 2.42. The molecule has 0 radical (unpaired) electrons. The summed E-state index contributed by atoms with van der Waals surface area (Å²) in [5.41, 5.74) is 3.14. The number of hydrogen-bond acceptors (Lipinski definition) is 4. The van der Waals surface area contributed by atoms with Gasteiger partial charge in [0.05, 0.1) is 0 Å². The van der Waals surface area contributed by atoms with Crippen LogP contribution in [0.15, 0.2) is 42.5 Å². The van der Waals surface area contributed by atoms with Gasteiger partial charge in [0.2, 0.25) is 0 Å². The average Bonchev–Trinajstić information content (AvgIpc) is 3.16. The lowest BCUT2D eigenvalue weighted by Gasteiger charge is -2.26. The maximum absolute atomic E-state index is 13.1. The SMILES string of the molecule is CC(C)(C)c1ccc(C(=O)N2CCSC2c2ccc3c(c2)OCCO3)cc1. The summed E-state index contributed by atoms with van der Waals surface area (Å²) in [4.78, 5) is 15.1. The molecule has 0 N–H and O–H groups in total. The number of ether oxygens (including phenoxy) is 2. The molecule has 2 aliphatic heterocycles. The van der Waals surface area contributed by atoms with Gasteiger partial charge in [-0.25, -0.2) is 0 Å². The second kappa shape index (κ2) is 7.12.